The van der Waals surface area contributed by atoms with Crippen molar-refractivity contribution < 1.29 is 0 Å². The highest BCUT2D eigenvalue weighted by atomic mass is 32.1. The normalized spacial score (nSPS) is 21.4. The summed E-state index contributed by atoms with van der Waals surface area (Å²) in [4.78, 5) is 7.83. The first-order chi connectivity index (χ1) is 7.33. The van der Waals surface area contributed by atoms with E-state index in [1.165, 1.54) is 11.5 Å². The smallest absolute Gasteiger partial charge is 0.145 e. The highest BCUT2D eigenvalue weighted by Crippen LogP contribution is 2.22. The lowest BCUT2D eigenvalue weighted by atomic mass is 10.3. The van der Waals surface area contributed by atoms with Crippen molar-refractivity contribution in [2.75, 3.05) is 18.0 Å². The zero-order chi connectivity index (χ0) is 10.3. The van der Waals surface area contributed by atoms with Gasteiger partial charge in [0.05, 0.1) is 6.20 Å². The van der Waals surface area contributed by atoms with Crippen molar-refractivity contribution in [1.29, 1.82) is 0 Å². The number of anilines is 1. The SMILES string of the molecule is NC1CCN(c2ccc3cnsc3n2)C1. The second-order valence-corrected chi connectivity index (χ2v) is 4.66. The van der Waals surface area contributed by atoms with Gasteiger partial charge in [-0.05, 0) is 30.1 Å². The fraction of sp³-hybridized carbons (Fsp3) is 0.400. The van der Waals surface area contributed by atoms with Gasteiger partial charge in [-0.3, -0.25) is 0 Å². The molecule has 1 aliphatic heterocycles. The summed E-state index contributed by atoms with van der Waals surface area (Å²) in [6.07, 6.45) is 2.91. The predicted octanol–water partition coefficient (Wildman–Crippen LogP) is 1.23. The molecular formula is C10H12N4S. The van der Waals surface area contributed by atoms with Crippen molar-refractivity contribution in [3.63, 3.8) is 0 Å². The van der Waals surface area contributed by atoms with Crippen LogP contribution in [0.2, 0.25) is 0 Å². The minimum atomic E-state index is 0.295. The van der Waals surface area contributed by atoms with Gasteiger partial charge >= 0.3 is 0 Å². The van der Waals surface area contributed by atoms with E-state index in [4.69, 9.17) is 5.73 Å². The molecule has 3 heterocycles. The Bertz CT molecular complexity index is 481. The lowest BCUT2D eigenvalue weighted by Gasteiger charge is -2.16. The molecule has 1 atom stereocenters. The molecule has 1 saturated heterocycles. The summed E-state index contributed by atoms with van der Waals surface area (Å²) in [6.45, 7) is 1.93. The quantitative estimate of drug-likeness (QED) is 0.785. The molecule has 1 fully saturated rings. The van der Waals surface area contributed by atoms with E-state index in [0.29, 0.717) is 6.04 Å². The maximum absolute atomic E-state index is 5.88. The van der Waals surface area contributed by atoms with E-state index in [9.17, 15) is 0 Å². The van der Waals surface area contributed by atoms with Gasteiger partial charge in [0.1, 0.15) is 10.6 Å². The zero-order valence-corrected chi connectivity index (χ0v) is 9.07. The fourth-order valence-corrected chi connectivity index (χ4v) is 2.54. The van der Waals surface area contributed by atoms with Crippen LogP contribution >= 0.6 is 11.5 Å². The number of pyridine rings is 1. The first-order valence-corrected chi connectivity index (χ1v) is 5.82. The Morgan fingerprint density at radius 2 is 2.40 bits per heavy atom. The van der Waals surface area contributed by atoms with Crippen LogP contribution in [0.4, 0.5) is 5.82 Å². The molecule has 2 N–H and O–H groups in total. The lowest BCUT2D eigenvalue weighted by Crippen LogP contribution is -2.26. The van der Waals surface area contributed by atoms with E-state index in [1.807, 2.05) is 6.20 Å². The number of hydrogen-bond acceptors (Lipinski definition) is 5. The van der Waals surface area contributed by atoms with Gasteiger partial charge in [-0.2, -0.15) is 4.37 Å². The van der Waals surface area contributed by atoms with E-state index >= 15 is 0 Å². The molecule has 0 amide bonds. The maximum atomic E-state index is 5.88. The molecule has 5 heteroatoms. The van der Waals surface area contributed by atoms with Crippen LogP contribution in [0.1, 0.15) is 6.42 Å². The van der Waals surface area contributed by atoms with Crippen LogP contribution < -0.4 is 10.6 Å². The summed E-state index contributed by atoms with van der Waals surface area (Å²) < 4.78 is 4.12. The minimum Gasteiger partial charge on any atom is -0.355 e. The summed E-state index contributed by atoms with van der Waals surface area (Å²) in [5, 5.41) is 1.12. The minimum absolute atomic E-state index is 0.295. The molecule has 78 valence electrons. The van der Waals surface area contributed by atoms with Gasteiger partial charge in [-0.15, -0.1) is 0 Å². The molecule has 2 aromatic rings. The lowest BCUT2D eigenvalue weighted by molar-refractivity contribution is 0.751. The van der Waals surface area contributed by atoms with Gasteiger partial charge < -0.3 is 10.6 Å². The third-order valence-electron chi connectivity index (χ3n) is 2.75. The van der Waals surface area contributed by atoms with Gasteiger partial charge in [0, 0.05) is 24.5 Å². The standard InChI is InChI=1S/C10H12N4S/c11-8-3-4-14(6-8)9-2-1-7-5-12-15-10(7)13-9/h1-2,5,8H,3-4,6,11H2. The van der Waals surface area contributed by atoms with Gasteiger partial charge in [0.25, 0.3) is 0 Å². The van der Waals surface area contributed by atoms with Crippen molar-refractivity contribution in [3.8, 4) is 0 Å². The molecule has 4 nitrogen and oxygen atoms in total. The Labute approximate surface area is 91.9 Å². The first-order valence-electron chi connectivity index (χ1n) is 5.05. The summed E-state index contributed by atoms with van der Waals surface area (Å²) in [5.74, 6) is 1.03. The number of hydrogen-bond donors (Lipinski definition) is 1. The molecule has 0 aromatic carbocycles. The number of rotatable bonds is 1. The van der Waals surface area contributed by atoms with Crippen molar-refractivity contribution in [1.82, 2.24) is 9.36 Å². The van der Waals surface area contributed by atoms with E-state index in [0.717, 1.165) is 35.5 Å². The van der Waals surface area contributed by atoms with Crippen molar-refractivity contribution in [2.45, 2.75) is 12.5 Å². The molecule has 1 unspecified atom stereocenters. The maximum Gasteiger partial charge on any atom is 0.145 e. The summed E-state index contributed by atoms with van der Waals surface area (Å²) >= 11 is 1.44. The van der Waals surface area contributed by atoms with Crippen LogP contribution in [-0.4, -0.2) is 28.5 Å². The predicted molar refractivity (Wildman–Crippen MR) is 62.2 cm³/mol. The second-order valence-electron chi connectivity index (χ2n) is 3.88. The Balaban J connectivity index is 1.97. The number of nitrogens with two attached hydrogens (primary N) is 1. The van der Waals surface area contributed by atoms with Gasteiger partial charge in [0.15, 0.2) is 0 Å². The van der Waals surface area contributed by atoms with Gasteiger partial charge in [-0.25, -0.2) is 4.98 Å². The molecule has 0 aliphatic carbocycles. The van der Waals surface area contributed by atoms with Crippen LogP contribution in [0.5, 0.6) is 0 Å². The highest BCUT2D eigenvalue weighted by molar-refractivity contribution is 7.12. The molecule has 15 heavy (non-hydrogen) atoms. The van der Waals surface area contributed by atoms with Crippen LogP contribution in [0.25, 0.3) is 10.2 Å². The number of aromatic nitrogens is 2. The average molecular weight is 220 g/mol. The molecule has 2 aromatic heterocycles. The van der Waals surface area contributed by atoms with Crippen LogP contribution in [0.15, 0.2) is 18.3 Å². The molecule has 0 saturated carbocycles. The fourth-order valence-electron chi connectivity index (χ4n) is 1.92. The Hall–Kier alpha value is -1.20. The average Bonchev–Trinajstić information content (AvgIpc) is 2.84. The first kappa shape index (κ1) is 9.06. The van der Waals surface area contributed by atoms with E-state index < -0.39 is 0 Å². The summed E-state index contributed by atoms with van der Waals surface area (Å²) in [6, 6.07) is 4.42. The summed E-state index contributed by atoms with van der Waals surface area (Å²) in [7, 11) is 0. The number of nitrogens with zero attached hydrogens (tertiary/aromatic N) is 3. The van der Waals surface area contributed by atoms with E-state index in [-0.39, 0.29) is 0 Å². The Morgan fingerprint density at radius 3 is 3.20 bits per heavy atom. The largest absolute Gasteiger partial charge is 0.355 e. The van der Waals surface area contributed by atoms with Gasteiger partial charge in [-0.1, -0.05) is 0 Å². The van der Waals surface area contributed by atoms with Crippen molar-refractivity contribution in [2.24, 2.45) is 5.73 Å². The van der Waals surface area contributed by atoms with Crippen LogP contribution in [-0.2, 0) is 0 Å². The molecule has 0 bridgehead atoms. The Morgan fingerprint density at radius 1 is 1.47 bits per heavy atom. The van der Waals surface area contributed by atoms with E-state index in [1.54, 1.807) is 0 Å². The monoisotopic (exact) mass is 220 g/mol. The second kappa shape index (κ2) is 3.43. The van der Waals surface area contributed by atoms with Crippen molar-refractivity contribution >= 4 is 27.6 Å². The van der Waals surface area contributed by atoms with Crippen molar-refractivity contribution in [3.05, 3.63) is 18.3 Å². The molecule has 0 radical (unpaired) electrons. The number of fused-ring (bicyclic) bond motifs is 1. The summed E-state index contributed by atoms with van der Waals surface area (Å²) in [5.41, 5.74) is 5.88. The van der Waals surface area contributed by atoms with Crippen LogP contribution in [0.3, 0.4) is 0 Å². The zero-order valence-electron chi connectivity index (χ0n) is 8.26. The molecule has 0 spiro atoms. The van der Waals surface area contributed by atoms with Gasteiger partial charge in [0.2, 0.25) is 0 Å². The van der Waals surface area contributed by atoms with E-state index in [2.05, 4.69) is 26.4 Å². The highest BCUT2D eigenvalue weighted by Gasteiger charge is 2.20. The molecule has 1 aliphatic rings. The molecule has 3 rings (SSSR count). The topological polar surface area (TPSA) is 55.0 Å². The van der Waals surface area contributed by atoms with Crippen LogP contribution in [0, 0.1) is 0 Å². The third kappa shape index (κ3) is 1.57. The third-order valence-corrected chi connectivity index (χ3v) is 3.47. The Kier molecular flexibility index (Phi) is 2.07. The molecular weight excluding hydrogens is 208 g/mol.